The predicted molar refractivity (Wildman–Crippen MR) is 81.9 cm³/mol. The van der Waals surface area contributed by atoms with Gasteiger partial charge in [-0.15, -0.1) is 81.2 Å². The van der Waals surface area contributed by atoms with Crippen LogP contribution in [0, 0.1) is 0 Å². The van der Waals surface area contributed by atoms with Gasteiger partial charge in [-0.25, -0.2) is 0 Å². The van der Waals surface area contributed by atoms with Gasteiger partial charge in [-0.2, -0.15) is 12.1 Å². The molecule has 0 saturated heterocycles. The summed E-state index contributed by atoms with van der Waals surface area (Å²) in [4.78, 5) is 0. The summed E-state index contributed by atoms with van der Waals surface area (Å²) in [6.07, 6.45) is 1.02. The van der Waals surface area contributed by atoms with Crippen LogP contribution < -0.4 is 24.8 Å². The summed E-state index contributed by atoms with van der Waals surface area (Å²) < 4.78 is 0. The fraction of sp³-hybridized carbons (Fsp3) is 0.0526. The zero-order chi connectivity index (χ0) is 12.7. The number of halogens is 2. The number of benzene rings is 2. The Balaban J connectivity index is 0.000000807. The summed E-state index contributed by atoms with van der Waals surface area (Å²) in [5, 5.41) is 5.41. The Morgan fingerprint density at radius 1 is 0.818 bits per heavy atom. The van der Waals surface area contributed by atoms with Crippen molar-refractivity contribution in [2.24, 2.45) is 0 Å². The van der Waals surface area contributed by atoms with Crippen molar-refractivity contribution >= 4 is 21.5 Å². The summed E-state index contributed by atoms with van der Waals surface area (Å²) >= 11 is 0. The smallest absolute Gasteiger partial charge is 1.00 e. The Labute approximate surface area is 162 Å². The molecule has 4 aromatic rings. The van der Waals surface area contributed by atoms with E-state index in [9.17, 15) is 0 Å². The van der Waals surface area contributed by atoms with Crippen LogP contribution in [0.3, 0.4) is 0 Å². The standard InChI is InChI=1S/C19H14.2ClH.Zr/c1-2-7-17-12-14(11-16(17)6-1)13-18-10-9-15-5-3-4-8-19(15)18;;;/h1-12H,13H2;2*1H;/q-2;;;+4/p-2. The number of fused-ring (bicyclic) bond motifs is 2. The summed E-state index contributed by atoms with van der Waals surface area (Å²) in [7, 11) is 0. The van der Waals surface area contributed by atoms with Gasteiger partial charge in [-0.3, -0.25) is 0 Å². The number of hydrogen-bond acceptors (Lipinski definition) is 0. The molecule has 0 aliphatic heterocycles. The predicted octanol–water partition coefficient (Wildman–Crippen LogP) is -0.973. The number of hydrogen-bond donors (Lipinski definition) is 0. The van der Waals surface area contributed by atoms with E-state index >= 15 is 0 Å². The van der Waals surface area contributed by atoms with Crippen LogP contribution in [0.5, 0.6) is 0 Å². The zero-order valence-electron chi connectivity index (χ0n) is 11.9. The fourth-order valence-corrected chi connectivity index (χ4v) is 2.91. The van der Waals surface area contributed by atoms with Crippen molar-refractivity contribution in [3.63, 3.8) is 0 Å². The molecule has 0 nitrogen and oxygen atoms in total. The summed E-state index contributed by atoms with van der Waals surface area (Å²) in [5.74, 6) is 0. The third kappa shape index (κ3) is 3.54. The zero-order valence-corrected chi connectivity index (χ0v) is 15.9. The first-order chi connectivity index (χ1) is 9.40. The summed E-state index contributed by atoms with van der Waals surface area (Å²) in [6, 6.07) is 26.3. The van der Waals surface area contributed by atoms with Crippen LogP contribution >= 0.6 is 0 Å². The minimum absolute atomic E-state index is 0. The minimum atomic E-state index is 0. The Morgan fingerprint density at radius 3 is 2.27 bits per heavy atom. The SMILES string of the molecule is [Cl-].[Cl-].[Zr+4].c1ccc2[cH-]c(C[c-]3ccc4ccccc43)cc2c1. The maximum atomic E-state index is 2.30. The Morgan fingerprint density at radius 2 is 1.50 bits per heavy atom. The summed E-state index contributed by atoms with van der Waals surface area (Å²) in [5.41, 5.74) is 2.82. The third-order valence-corrected chi connectivity index (χ3v) is 3.84. The molecular weight excluding hydrogens is 390 g/mol. The van der Waals surface area contributed by atoms with Gasteiger partial charge >= 0.3 is 26.2 Å². The monoisotopic (exact) mass is 402 g/mol. The van der Waals surface area contributed by atoms with Gasteiger partial charge in [-0.05, 0) is 0 Å². The van der Waals surface area contributed by atoms with E-state index in [-0.39, 0.29) is 51.0 Å². The molecule has 0 heterocycles. The molecule has 3 heteroatoms. The molecule has 0 aromatic heterocycles. The average molecular weight is 404 g/mol. The van der Waals surface area contributed by atoms with Gasteiger partial charge in [-0.1, -0.05) is 18.6 Å². The molecule has 0 saturated carbocycles. The van der Waals surface area contributed by atoms with Gasteiger partial charge in [0.1, 0.15) is 0 Å². The van der Waals surface area contributed by atoms with Gasteiger partial charge in [0, 0.05) is 0 Å². The van der Waals surface area contributed by atoms with Crippen LogP contribution in [0.2, 0.25) is 0 Å². The van der Waals surface area contributed by atoms with Crippen molar-refractivity contribution in [2.45, 2.75) is 6.42 Å². The van der Waals surface area contributed by atoms with E-state index in [0.717, 1.165) is 6.42 Å². The Kier molecular flexibility index (Phi) is 7.07. The maximum Gasteiger partial charge on any atom is 4.00 e. The first-order valence-corrected chi connectivity index (χ1v) is 6.68. The van der Waals surface area contributed by atoms with E-state index in [1.165, 1.54) is 32.7 Å². The van der Waals surface area contributed by atoms with Gasteiger partial charge in [0.15, 0.2) is 0 Å². The van der Waals surface area contributed by atoms with Gasteiger partial charge < -0.3 is 24.8 Å². The molecule has 0 bridgehead atoms. The normalized spacial score (nSPS) is 9.82. The quantitative estimate of drug-likeness (QED) is 0.377. The largest absolute Gasteiger partial charge is 4.00 e. The minimum Gasteiger partial charge on any atom is -1.00 e. The molecule has 4 aromatic carbocycles. The molecule has 0 unspecified atom stereocenters. The van der Waals surface area contributed by atoms with Gasteiger partial charge in [0.2, 0.25) is 0 Å². The second kappa shape index (κ2) is 8.11. The number of rotatable bonds is 2. The third-order valence-electron chi connectivity index (χ3n) is 3.84. The van der Waals surface area contributed by atoms with E-state index < -0.39 is 0 Å². The molecule has 0 spiro atoms. The molecule has 0 atom stereocenters. The molecule has 108 valence electrons. The van der Waals surface area contributed by atoms with Crippen LogP contribution in [-0.4, -0.2) is 0 Å². The van der Waals surface area contributed by atoms with Crippen LogP contribution in [-0.2, 0) is 32.6 Å². The van der Waals surface area contributed by atoms with Gasteiger partial charge in [0.05, 0.1) is 0 Å². The summed E-state index contributed by atoms with van der Waals surface area (Å²) in [6.45, 7) is 0. The van der Waals surface area contributed by atoms with Crippen LogP contribution in [0.4, 0.5) is 0 Å². The van der Waals surface area contributed by atoms with Crippen molar-refractivity contribution in [3.8, 4) is 0 Å². The van der Waals surface area contributed by atoms with Crippen LogP contribution in [0.15, 0.2) is 72.8 Å². The molecule has 0 radical (unpaired) electrons. The van der Waals surface area contributed by atoms with Crippen LogP contribution in [0.1, 0.15) is 11.1 Å². The maximum absolute atomic E-state index is 2.30. The molecule has 0 aliphatic rings. The Hall–Kier alpha value is -0.877. The average Bonchev–Trinajstić information content (AvgIpc) is 3.03. The van der Waals surface area contributed by atoms with E-state index in [2.05, 4.69) is 72.8 Å². The molecular formula is C19H14Cl2Zr. The van der Waals surface area contributed by atoms with E-state index in [4.69, 9.17) is 0 Å². The fourth-order valence-electron chi connectivity index (χ4n) is 2.91. The van der Waals surface area contributed by atoms with E-state index in [1.807, 2.05) is 0 Å². The second-order valence-electron chi connectivity index (χ2n) is 5.12. The second-order valence-corrected chi connectivity index (χ2v) is 5.12. The molecule has 4 rings (SSSR count). The van der Waals surface area contributed by atoms with Crippen molar-refractivity contribution < 1.29 is 51.0 Å². The van der Waals surface area contributed by atoms with Gasteiger partial charge in [0.25, 0.3) is 0 Å². The van der Waals surface area contributed by atoms with E-state index in [1.54, 1.807) is 0 Å². The molecule has 0 N–H and O–H groups in total. The van der Waals surface area contributed by atoms with Crippen molar-refractivity contribution in [1.82, 2.24) is 0 Å². The van der Waals surface area contributed by atoms with Crippen LogP contribution in [0.25, 0.3) is 21.5 Å². The van der Waals surface area contributed by atoms with Crippen molar-refractivity contribution in [3.05, 3.63) is 83.9 Å². The molecule has 22 heavy (non-hydrogen) atoms. The topological polar surface area (TPSA) is 0 Å². The Bertz CT molecular complexity index is 825. The van der Waals surface area contributed by atoms with E-state index in [0.29, 0.717) is 0 Å². The van der Waals surface area contributed by atoms with Crippen molar-refractivity contribution in [1.29, 1.82) is 0 Å². The molecule has 0 fully saturated rings. The molecule has 0 aliphatic carbocycles. The first kappa shape index (κ1) is 19.2. The first-order valence-electron chi connectivity index (χ1n) is 6.68. The molecule has 0 amide bonds. The van der Waals surface area contributed by atoms with Crippen molar-refractivity contribution in [2.75, 3.05) is 0 Å².